The molecule has 6 rings (SSSR count). The molecule has 10 nitrogen and oxygen atoms in total. The number of nitrogens with one attached hydrogen (secondary N) is 2. The second kappa shape index (κ2) is 11.4. The summed E-state index contributed by atoms with van der Waals surface area (Å²) in [4.78, 5) is 30.7. The van der Waals surface area contributed by atoms with Crippen molar-refractivity contribution < 1.29 is 18.3 Å². The first-order valence-corrected chi connectivity index (χ1v) is 13.8. The molecule has 0 unspecified atom stereocenters. The van der Waals surface area contributed by atoms with E-state index in [1.165, 1.54) is 4.57 Å². The molecule has 0 radical (unpaired) electrons. The van der Waals surface area contributed by atoms with Gasteiger partial charge in [-0.2, -0.15) is 9.97 Å². The Kier molecular flexibility index (Phi) is 7.55. The zero-order chi connectivity index (χ0) is 26.8. The quantitative estimate of drug-likeness (QED) is 0.493. The van der Waals surface area contributed by atoms with Gasteiger partial charge in [0.25, 0.3) is 6.43 Å². The lowest BCUT2D eigenvalue weighted by atomic mass is 10.0. The molecule has 1 aromatic carbocycles. The van der Waals surface area contributed by atoms with E-state index in [-0.39, 0.29) is 23.8 Å². The number of piperidine rings is 2. The third kappa shape index (κ3) is 5.53. The van der Waals surface area contributed by atoms with E-state index in [2.05, 4.69) is 20.5 Å². The number of alkyl halides is 2. The summed E-state index contributed by atoms with van der Waals surface area (Å²) in [5.74, 6) is 1.27. The summed E-state index contributed by atoms with van der Waals surface area (Å²) in [5.41, 5.74) is 1.06. The van der Waals surface area contributed by atoms with Crippen LogP contribution in [-0.2, 0) is 9.53 Å². The van der Waals surface area contributed by atoms with Crippen LogP contribution in [0.4, 0.5) is 20.5 Å². The minimum absolute atomic E-state index is 0.0820. The fraction of sp³-hybridized carbons (Fsp3) is 0.556. The molecule has 3 saturated heterocycles. The molecule has 0 aliphatic carbocycles. The third-order valence-corrected chi connectivity index (χ3v) is 7.78. The van der Waals surface area contributed by atoms with E-state index < -0.39 is 6.43 Å². The molecule has 39 heavy (non-hydrogen) atoms. The first-order chi connectivity index (χ1) is 19.1. The van der Waals surface area contributed by atoms with Crippen LogP contribution in [0, 0.1) is 0 Å². The van der Waals surface area contributed by atoms with E-state index in [4.69, 9.17) is 14.7 Å². The first-order valence-electron chi connectivity index (χ1n) is 13.8. The summed E-state index contributed by atoms with van der Waals surface area (Å²) >= 11 is 0. The van der Waals surface area contributed by atoms with Gasteiger partial charge in [0.1, 0.15) is 11.6 Å². The van der Waals surface area contributed by atoms with E-state index >= 15 is 0 Å². The van der Waals surface area contributed by atoms with Crippen LogP contribution in [0.1, 0.15) is 44.4 Å². The Balaban J connectivity index is 1.28. The molecular formula is C27H34F2N8O2. The maximum absolute atomic E-state index is 14.1. The van der Waals surface area contributed by atoms with Crippen molar-refractivity contribution >= 4 is 28.7 Å². The first kappa shape index (κ1) is 25.9. The number of fused-ring (bicyclic) bond motifs is 1. The zero-order valence-electron chi connectivity index (χ0n) is 21.9. The monoisotopic (exact) mass is 540 g/mol. The standard InChI is InChI=1S/C27H34F2N8O2/c28-24(29)25-32-19-5-1-2-7-21(19)37(25)23-17-22(33-27(34-23)36-13-15-39-16-14-36)35-11-8-18(9-12-35)31-26(38)20-6-3-4-10-30-20/h1-2,5,7,17-18,20,24,30H,3-4,6,8-16H2,(H,31,38)/t20-/m0/s1. The minimum atomic E-state index is -2.76. The van der Waals surface area contributed by atoms with Crippen LogP contribution in [-0.4, -0.2) is 83.4 Å². The molecule has 3 fully saturated rings. The number of amides is 1. The van der Waals surface area contributed by atoms with E-state index in [0.29, 0.717) is 68.0 Å². The topological polar surface area (TPSA) is 100 Å². The van der Waals surface area contributed by atoms with Gasteiger partial charge in [-0.1, -0.05) is 18.6 Å². The van der Waals surface area contributed by atoms with Gasteiger partial charge in [-0.25, -0.2) is 13.8 Å². The van der Waals surface area contributed by atoms with E-state index in [1.54, 1.807) is 24.3 Å². The second-order valence-corrected chi connectivity index (χ2v) is 10.4. The predicted octanol–water partition coefficient (Wildman–Crippen LogP) is 2.82. The number of imidazole rings is 1. The number of anilines is 2. The van der Waals surface area contributed by atoms with Crippen molar-refractivity contribution in [2.45, 2.75) is 50.6 Å². The summed E-state index contributed by atoms with van der Waals surface area (Å²) in [6.45, 7) is 4.62. The number of para-hydroxylation sites is 2. The third-order valence-electron chi connectivity index (χ3n) is 7.78. The maximum Gasteiger partial charge on any atom is 0.296 e. The molecule has 0 saturated carbocycles. The largest absolute Gasteiger partial charge is 0.378 e. The average molecular weight is 541 g/mol. The zero-order valence-corrected chi connectivity index (χ0v) is 21.9. The van der Waals surface area contributed by atoms with Crippen LogP contribution < -0.4 is 20.4 Å². The van der Waals surface area contributed by atoms with Crippen LogP contribution >= 0.6 is 0 Å². The molecule has 12 heteroatoms. The van der Waals surface area contributed by atoms with Crippen LogP contribution in [0.5, 0.6) is 0 Å². The molecule has 0 bridgehead atoms. The lowest BCUT2D eigenvalue weighted by Crippen LogP contribution is -2.52. The molecule has 208 valence electrons. The van der Waals surface area contributed by atoms with Crippen LogP contribution in [0.3, 0.4) is 0 Å². The number of morpholine rings is 1. The highest BCUT2D eigenvalue weighted by atomic mass is 19.3. The van der Waals surface area contributed by atoms with Crippen molar-refractivity contribution in [1.29, 1.82) is 0 Å². The maximum atomic E-state index is 14.1. The number of aromatic nitrogens is 4. The van der Waals surface area contributed by atoms with Gasteiger partial charge in [-0.3, -0.25) is 9.36 Å². The Hall–Kier alpha value is -3.38. The number of carbonyl (C=O) groups is 1. The molecule has 0 spiro atoms. The fourth-order valence-corrected chi connectivity index (χ4v) is 5.65. The summed E-state index contributed by atoms with van der Waals surface area (Å²) < 4.78 is 35.2. The summed E-state index contributed by atoms with van der Waals surface area (Å²) in [5, 5.41) is 6.53. The number of hydrogen-bond acceptors (Lipinski definition) is 8. The highest BCUT2D eigenvalue weighted by Crippen LogP contribution is 2.30. The van der Waals surface area contributed by atoms with Crippen molar-refractivity contribution in [2.75, 3.05) is 55.7 Å². The smallest absolute Gasteiger partial charge is 0.296 e. The highest BCUT2D eigenvalue weighted by molar-refractivity contribution is 5.82. The second-order valence-electron chi connectivity index (χ2n) is 10.4. The van der Waals surface area contributed by atoms with Gasteiger partial charge in [-0.15, -0.1) is 0 Å². The van der Waals surface area contributed by atoms with Gasteiger partial charge >= 0.3 is 0 Å². The molecule has 3 aliphatic heterocycles. The number of carbonyl (C=O) groups excluding carboxylic acids is 1. The normalized spacial score (nSPS) is 21.1. The van der Waals surface area contributed by atoms with E-state index in [0.717, 1.165) is 38.6 Å². The van der Waals surface area contributed by atoms with Crippen LogP contribution in [0.25, 0.3) is 16.9 Å². The molecular weight excluding hydrogens is 506 g/mol. The Morgan fingerprint density at radius 1 is 0.974 bits per heavy atom. The van der Waals surface area contributed by atoms with Crippen molar-refractivity contribution in [3.05, 3.63) is 36.2 Å². The minimum Gasteiger partial charge on any atom is -0.378 e. The van der Waals surface area contributed by atoms with Crippen molar-refractivity contribution in [3.8, 4) is 5.82 Å². The van der Waals surface area contributed by atoms with Crippen LogP contribution in [0.15, 0.2) is 30.3 Å². The summed E-state index contributed by atoms with van der Waals surface area (Å²) in [6, 6.07) is 8.86. The van der Waals surface area contributed by atoms with Crippen molar-refractivity contribution in [1.82, 2.24) is 30.2 Å². The number of nitrogens with zero attached hydrogens (tertiary/aromatic N) is 6. The molecule has 5 heterocycles. The molecule has 3 aliphatic rings. The SMILES string of the molecule is O=C(NC1CCN(c2cc(-n3c(C(F)F)nc4ccccc43)nc(N3CCOCC3)n2)CC1)[C@@H]1CCCCN1. The van der Waals surface area contributed by atoms with Crippen LogP contribution in [0.2, 0.25) is 0 Å². The average Bonchev–Trinajstić information content (AvgIpc) is 3.38. The molecule has 1 amide bonds. The number of benzene rings is 1. The van der Waals surface area contributed by atoms with E-state index in [9.17, 15) is 13.6 Å². The van der Waals surface area contributed by atoms with Crippen molar-refractivity contribution in [2.24, 2.45) is 0 Å². The number of ether oxygens (including phenoxy) is 1. The lowest BCUT2D eigenvalue weighted by molar-refractivity contribution is -0.124. The summed E-state index contributed by atoms with van der Waals surface area (Å²) in [7, 11) is 0. The van der Waals surface area contributed by atoms with Gasteiger partial charge < -0.3 is 25.2 Å². The highest BCUT2D eigenvalue weighted by Gasteiger charge is 2.28. The summed E-state index contributed by atoms with van der Waals surface area (Å²) in [6.07, 6.45) is 1.86. The van der Waals surface area contributed by atoms with Gasteiger partial charge in [0.05, 0.1) is 30.3 Å². The van der Waals surface area contributed by atoms with Gasteiger partial charge in [0.15, 0.2) is 5.82 Å². The van der Waals surface area contributed by atoms with Gasteiger partial charge in [-0.05, 0) is 44.4 Å². The number of halogens is 2. The Morgan fingerprint density at radius 3 is 2.49 bits per heavy atom. The lowest BCUT2D eigenvalue weighted by Gasteiger charge is -2.35. The molecule has 1 atom stereocenters. The predicted molar refractivity (Wildman–Crippen MR) is 144 cm³/mol. The van der Waals surface area contributed by atoms with Crippen molar-refractivity contribution in [3.63, 3.8) is 0 Å². The van der Waals surface area contributed by atoms with Gasteiger partial charge in [0, 0.05) is 38.3 Å². The van der Waals surface area contributed by atoms with E-state index in [1.807, 2.05) is 11.0 Å². The van der Waals surface area contributed by atoms with Gasteiger partial charge in [0.2, 0.25) is 11.9 Å². The number of hydrogen-bond donors (Lipinski definition) is 2. The Labute approximate surface area is 225 Å². The Bertz CT molecular complexity index is 1300. The Morgan fingerprint density at radius 2 is 1.74 bits per heavy atom. The molecule has 2 N–H and O–H groups in total. The molecule has 3 aromatic rings. The molecule has 2 aromatic heterocycles. The number of rotatable bonds is 6. The fourth-order valence-electron chi connectivity index (χ4n) is 5.65.